The average molecular weight is 269 g/mol. The Balaban J connectivity index is 1.95. The van der Waals surface area contributed by atoms with Crippen molar-refractivity contribution in [2.45, 2.75) is 44.7 Å². The van der Waals surface area contributed by atoms with Crippen molar-refractivity contribution in [1.29, 1.82) is 0 Å². The molecule has 1 aliphatic rings. The first kappa shape index (κ1) is 13.3. The molecule has 0 aromatic carbocycles. The second-order valence-electron chi connectivity index (χ2n) is 4.87. The van der Waals surface area contributed by atoms with Crippen LogP contribution in [0.25, 0.3) is 0 Å². The lowest BCUT2D eigenvalue weighted by Crippen LogP contribution is -2.24. The van der Waals surface area contributed by atoms with Gasteiger partial charge in [0.1, 0.15) is 6.04 Å². The topological polar surface area (TPSA) is 88.2 Å². The van der Waals surface area contributed by atoms with E-state index >= 15 is 0 Å². The van der Waals surface area contributed by atoms with Crippen LogP contribution in [0.15, 0.2) is 5.38 Å². The fraction of sp³-hybridized carbons (Fsp3) is 0.667. The second kappa shape index (κ2) is 5.67. The standard InChI is InChI=1S/C12H19N3O2S/c1-7(8-4-2-3-5-8)14-12-15-9(6-18-12)10(13)11(16)17/h6-8,10H,2-5,13H2,1H3,(H,14,15)(H,16,17). The van der Waals surface area contributed by atoms with Gasteiger partial charge >= 0.3 is 5.97 Å². The average Bonchev–Trinajstić information content (AvgIpc) is 2.98. The Labute approximate surface area is 110 Å². The van der Waals surface area contributed by atoms with Gasteiger partial charge in [0.2, 0.25) is 0 Å². The van der Waals surface area contributed by atoms with E-state index in [4.69, 9.17) is 10.8 Å². The third-order valence-electron chi connectivity index (χ3n) is 3.56. The molecule has 0 amide bonds. The van der Waals surface area contributed by atoms with Crippen LogP contribution in [0.5, 0.6) is 0 Å². The lowest BCUT2D eigenvalue weighted by Gasteiger charge is -2.19. The molecule has 1 heterocycles. The van der Waals surface area contributed by atoms with E-state index in [1.54, 1.807) is 5.38 Å². The molecule has 100 valence electrons. The Kier molecular flexibility index (Phi) is 4.19. The molecular weight excluding hydrogens is 250 g/mol. The van der Waals surface area contributed by atoms with Gasteiger partial charge in [0.25, 0.3) is 0 Å². The first-order valence-corrected chi connectivity index (χ1v) is 7.16. The molecule has 0 spiro atoms. The van der Waals surface area contributed by atoms with Crippen LogP contribution >= 0.6 is 11.3 Å². The van der Waals surface area contributed by atoms with Gasteiger partial charge in [-0.3, -0.25) is 4.79 Å². The zero-order chi connectivity index (χ0) is 13.1. The maximum absolute atomic E-state index is 10.8. The van der Waals surface area contributed by atoms with Crippen LogP contribution in [0.4, 0.5) is 5.13 Å². The molecule has 1 aromatic heterocycles. The number of nitrogens with zero attached hydrogens (tertiary/aromatic N) is 1. The predicted molar refractivity (Wildman–Crippen MR) is 71.7 cm³/mol. The van der Waals surface area contributed by atoms with E-state index in [1.165, 1.54) is 37.0 Å². The fourth-order valence-corrected chi connectivity index (χ4v) is 3.24. The lowest BCUT2D eigenvalue weighted by atomic mass is 10.0. The highest BCUT2D eigenvalue weighted by Gasteiger charge is 2.23. The summed E-state index contributed by atoms with van der Waals surface area (Å²) in [6, 6.07) is -0.647. The third kappa shape index (κ3) is 3.00. The van der Waals surface area contributed by atoms with Gasteiger partial charge in [-0.2, -0.15) is 0 Å². The minimum atomic E-state index is -1.05. The molecule has 18 heavy (non-hydrogen) atoms. The quantitative estimate of drug-likeness (QED) is 0.762. The zero-order valence-electron chi connectivity index (χ0n) is 10.4. The van der Waals surface area contributed by atoms with Crippen LogP contribution < -0.4 is 11.1 Å². The molecule has 2 atom stereocenters. The van der Waals surface area contributed by atoms with E-state index < -0.39 is 12.0 Å². The van der Waals surface area contributed by atoms with Gasteiger partial charge < -0.3 is 16.2 Å². The van der Waals surface area contributed by atoms with Crippen molar-refractivity contribution < 1.29 is 9.90 Å². The maximum atomic E-state index is 10.8. The molecule has 1 fully saturated rings. The third-order valence-corrected chi connectivity index (χ3v) is 4.36. The second-order valence-corrected chi connectivity index (χ2v) is 5.73. The minimum Gasteiger partial charge on any atom is -0.480 e. The van der Waals surface area contributed by atoms with E-state index in [0.29, 0.717) is 17.7 Å². The summed E-state index contributed by atoms with van der Waals surface area (Å²) in [5, 5.41) is 14.7. The predicted octanol–water partition coefficient (Wildman–Crippen LogP) is 2.22. The van der Waals surface area contributed by atoms with Gasteiger partial charge in [-0.1, -0.05) is 12.8 Å². The van der Waals surface area contributed by atoms with Crippen LogP contribution in [-0.2, 0) is 4.79 Å². The largest absolute Gasteiger partial charge is 0.480 e. The molecule has 1 aromatic rings. The van der Waals surface area contributed by atoms with E-state index in [1.807, 2.05) is 0 Å². The van der Waals surface area contributed by atoms with E-state index in [2.05, 4.69) is 17.2 Å². The molecule has 0 radical (unpaired) electrons. The summed E-state index contributed by atoms with van der Waals surface area (Å²) >= 11 is 1.42. The molecule has 1 aliphatic carbocycles. The Morgan fingerprint density at radius 3 is 2.89 bits per heavy atom. The Morgan fingerprint density at radius 2 is 2.28 bits per heavy atom. The van der Waals surface area contributed by atoms with Gasteiger partial charge in [0.05, 0.1) is 5.69 Å². The number of hydrogen-bond acceptors (Lipinski definition) is 5. The van der Waals surface area contributed by atoms with Crippen molar-refractivity contribution in [2.75, 3.05) is 5.32 Å². The van der Waals surface area contributed by atoms with Crippen LogP contribution in [0, 0.1) is 5.92 Å². The number of nitrogens with two attached hydrogens (primary N) is 1. The number of aliphatic carboxylic acids is 1. The lowest BCUT2D eigenvalue weighted by molar-refractivity contribution is -0.138. The summed E-state index contributed by atoms with van der Waals surface area (Å²) in [6.45, 7) is 2.16. The zero-order valence-corrected chi connectivity index (χ0v) is 11.2. The highest BCUT2D eigenvalue weighted by molar-refractivity contribution is 7.13. The molecule has 0 saturated heterocycles. The SMILES string of the molecule is CC(Nc1nc(C(N)C(=O)O)cs1)C1CCCC1. The molecular formula is C12H19N3O2S. The molecule has 0 bridgehead atoms. The van der Waals surface area contributed by atoms with Crippen molar-refractivity contribution in [3.63, 3.8) is 0 Å². The summed E-state index contributed by atoms with van der Waals surface area (Å²) in [4.78, 5) is 15.0. The van der Waals surface area contributed by atoms with Crippen LogP contribution in [0.1, 0.15) is 44.3 Å². The Morgan fingerprint density at radius 1 is 1.61 bits per heavy atom. The van der Waals surface area contributed by atoms with Crippen LogP contribution in [0.3, 0.4) is 0 Å². The first-order chi connectivity index (χ1) is 8.58. The summed E-state index contributed by atoms with van der Waals surface area (Å²) in [5.41, 5.74) is 5.95. The van der Waals surface area contributed by atoms with Gasteiger partial charge in [-0.05, 0) is 25.7 Å². The number of aromatic nitrogens is 1. The van der Waals surface area contributed by atoms with Gasteiger partial charge in [0, 0.05) is 11.4 Å². The normalized spacial score (nSPS) is 19.7. The molecule has 4 N–H and O–H groups in total. The number of rotatable bonds is 5. The van der Waals surface area contributed by atoms with Crippen LogP contribution in [-0.4, -0.2) is 22.1 Å². The van der Waals surface area contributed by atoms with Crippen molar-refractivity contribution in [3.8, 4) is 0 Å². The molecule has 0 aliphatic heterocycles. The van der Waals surface area contributed by atoms with Gasteiger partial charge in [0.15, 0.2) is 5.13 Å². The highest BCUT2D eigenvalue weighted by Crippen LogP contribution is 2.30. The highest BCUT2D eigenvalue weighted by atomic mass is 32.1. The number of anilines is 1. The molecule has 2 rings (SSSR count). The Bertz CT molecular complexity index is 415. The summed E-state index contributed by atoms with van der Waals surface area (Å²) in [7, 11) is 0. The summed E-state index contributed by atoms with van der Waals surface area (Å²) < 4.78 is 0. The molecule has 1 saturated carbocycles. The monoisotopic (exact) mass is 269 g/mol. The van der Waals surface area contributed by atoms with E-state index in [9.17, 15) is 4.79 Å². The molecule has 6 heteroatoms. The van der Waals surface area contributed by atoms with E-state index in [-0.39, 0.29) is 0 Å². The van der Waals surface area contributed by atoms with Gasteiger partial charge in [-0.15, -0.1) is 11.3 Å². The number of nitrogens with one attached hydrogen (secondary N) is 1. The number of thiazole rings is 1. The number of carboxylic acid groups (broad SMARTS) is 1. The van der Waals surface area contributed by atoms with Crippen molar-refractivity contribution >= 4 is 22.4 Å². The minimum absolute atomic E-state index is 0.382. The first-order valence-electron chi connectivity index (χ1n) is 6.28. The number of hydrogen-bond donors (Lipinski definition) is 3. The summed E-state index contributed by atoms with van der Waals surface area (Å²) in [5.74, 6) is -0.346. The molecule has 5 nitrogen and oxygen atoms in total. The Hall–Kier alpha value is -1.14. The molecule has 2 unspecified atom stereocenters. The van der Waals surface area contributed by atoms with Crippen molar-refractivity contribution in [3.05, 3.63) is 11.1 Å². The van der Waals surface area contributed by atoms with Crippen molar-refractivity contribution in [2.24, 2.45) is 11.7 Å². The fourth-order valence-electron chi connectivity index (χ4n) is 2.39. The van der Waals surface area contributed by atoms with Crippen LogP contribution in [0.2, 0.25) is 0 Å². The maximum Gasteiger partial charge on any atom is 0.326 e. The smallest absolute Gasteiger partial charge is 0.326 e. The van der Waals surface area contributed by atoms with E-state index in [0.717, 1.165) is 5.13 Å². The van der Waals surface area contributed by atoms with Crippen molar-refractivity contribution in [1.82, 2.24) is 4.98 Å². The number of carboxylic acids is 1. The van der Waals surface area contributed by atoms with Gasteiger partial charge in [-0.25, -0.2) is 4.98 Å². The summed E-state index contributed by atoms with van der Waals surface area (Å²) in [6.07, 6.45) is 5.15. The number of carbonyl (C=O) groups is 1.